The molecule has 5 nitrogen and oxygen atoms in total. The van der Waals surface area contributed by atoms with Gasteiger partial charge in [0.2, 0.25) is 5.88 Å². The molecular formula is C21H19N3O2. The number of aliphatic imine (C=N–C) groups is 1. The molecule has 0 saturated heterocycles. The average Bonchev–Trinajstić information content (AvgIpc) is 3.24. The lowest BCUT2D eigenvalue weighted by Gasteiger charge is -2.02. The Morgan fingerprint density at radius 2 is 1.88 bits per heavy atom. The number of nitrogens with one attached hydrogen (secondary N) is 1. The zero-order chi connectivity index (χ0) is 17.9. The Morgan fingerprint density at radius 1 is 1.08 bits per heavy atom. The first-order chi connectivity index (χ1) is 12.7. The van der Waals surface area contributed by atoms with Crippen LogP contribution in [0.25, 0.3) is 11.6 Å². The van der Waals surface area contributed by atoms with Gasteiger partial charge in [-0.3, -0.25) is 4.99 Å². The van der Waals surface area contributed by atoms with Crippen LogP contribution < -0.4 is 4.74 Å². The molecule has 0 amide bonds. The zero-order valence-electron chi connectivity index (χ0n) is 14.4. The van der Waals surface area contributed by atoms with E-state index in [9.17, 15) is 5.11 Å². The van der Waals surface area contributed by atoms with Crippen molar-refractivity contribution in [1.82, 2.24) is 9.97 Å². The molecule has 5 heteroatoms. The molecule has 1 aliphatic heterocycles. The van der Waals surface area contributed by atoms with Crippen LogP contribution in [0.2, 0.25) is 0 Å². The number of benzene rings is 2. The molecular weight excluding hydrogens is 326 g/mol. The number of ether oxygens (including phenoxy) is 1. The van der Waals surface area contributed by atoms with Crippen molar-refractivity contribution in [1.29, 1.82) is 0 Å². The van der Waals surface area contributed by atoms with E-state index in [-0.39, 0.29) is 5.88 Å². The zero-order valence-corrected chi connectivity index (χ0v) is 14.4. The number of methoxy groups -OCH3 is 1. The highest BCUT2D eigenvalue weighted by molar-refractivity contribution is 6.21. The van der Waals surface area contributed by atoms with Crippen molar-refractivity contribution in [3.63, 3.8) is 0 Å². The Labute approximate surface area is 151 Å². The predicted octanol–water partition coefficient (Wildman–Crippen LogP) is 4.17. The number of aromatic amines is 1. The van der Waals surface area contributed by atoms with Crippen LogP contribution in [0.4, 0.5) is 5.69 Å². The Bertz CT molecular complexity index is 985. The van der Waals surface area contributed by atoms with Crippen molar-refractivity contribution in [2.45, 2.75) is 12.8 Å². The number of para-hydroxylation sites is 1. The number of imidazole rings is 1. The molecule has 2 aromatic carbocycles. The van der Waals surface area contributed by atoms with Gasteiger partial charge in [0.1, 0.15) is 17.3 Å². The Kier molecular flexibility index (Phi) is 4.27. The minimum atomic E-state index is 0.0139. The number of hydrogen-bond donors (Lipinski definition) is 2. The van der Waals surface area contributed by atoms with Gasteiger partial charge in [-0.25, -0.2) is 0 Å². The first-order valence-electron chi connectivity index (χ1n) is 8.49. The monoisotopic (exact) mass is 345 g/mol. The van der Waals surface area contributed by atoms with Gasteiger partial charge in [0.15, 0.2) is 0 Å². The number of hydrogen-bond acceptors (Lipinski definition) is 4. The molecule has 4 rings (SSSR count). The van der Waals surface area contributed by atoms with Crippen molar-refractivity contribution in [3.05, 3.63) is 71.2 Å². The van der Waals surface area contributed by atoms with Crippen molar-refractivity contribution < 1.29 is 9.84 Å². The maximum atomic E-state index is 10.2. The molecule has 0 atom stereocenters. The normalized spacial score (nSPS) is 14.0. The van der Waals surface area contributed by atoms with E-state index in [0.29, 0.717) is 12.1 Å². The molecule has 0 aliphatic carbocycles. The maximum absolute atomic E-state index is 10.2. The average molecular weight is 345 g/mol. The van der Waals surface area contributed by atoms with Crippen molar-refractivity contribution in [3.8, 4) is 11.6 Å². The van der Waals surface area contributed by atoms with Crippen LogP contribution in [0, 0.1) is 0 Å². The van der Waals surface area contributed by atoms with E-state index < -0.39 is 0 Å². The van der Waals surface area contributed by atoms with Crippen LogP contribution in [0.15, 0.2) is 53.5 Å². The van der Waals surface area contributed by atoms with Gasteiger partial charge in [0, 0.05) is 23.8 Å². The summed E-state index contributed by atoms with van der Waals surface area (Å²) in [6, 6.07) is 15.9. The minimum Gasteiger partial charge on any atom is -0.497 e. The number of H-pyrrole nitrogens is 1. The highest BCUT2D eigenvalue weighted by Gasteiger charge is 2.14. The summed E-state index contributed by atoms with van der Waals surface area (Å²) in [7, 11) is 1.66. The lowest BCUT2D eigenvalue weighted by Crippen LogP contribution is -1.94. The molecule has 0 spiro atoms. The van der Waals surface area contributed by atoms with E-state index in [2.05, 4.69) is 15.0 Å². The third-order valence-electron chi connectivity index (χ3n) is 4.43. The van der Waals surface area contributed by atoms with Crippen LogP contribution in [-0.4, -0.2) is 28.4 Å². The van der Waals surface area contributed by atoms with Gasteiger partial charge in [-0.05, 0) is 36.3 Å². The quantitative estimate of drug-likeness (QED) is 0.729. The second-order valence-electron chi connectivity index (χ2n) is 6.14. The van der Waals surface area contributed by atoms with Crippen molar-refractivity contribution >= 4 is 23.6 Å². The standard InChI is InChI=1S/C21H19N3O2/c1-26-16-9-6-14(7-10-16)8-11-20-23-19(21(25)24-20)12-15-13-22-18-5-3-2-4-17(15)18/h2-7,9-10,12-13,25H,8,11H2,1H3,(H,23,24)/b15-12+. The molecule has 130 valence electrons. The second-order valence-corrected chi connectivity index (χ2v) is 6.14. The fourth-order valence-corrected chi connectivity index (χ4v) is 3.01. The maximum Gasteiger partial charge on any atom is 0.237 e. The third-order valence-corrected chi connectivity index (χ3v) is 4.43. The second kappa shape index (κ2) is 6.88. The third kappa shape index (κ3) is 3.24. The van der Waals surface area contributed by atoms with Gasteiger partial charge < -0.3 is 14.8 Å². The molecule has 3 aromatic rings. The largest absolute Gasteiger partial charge is 0.497 e. The molecule has 2 heterocycles. The van der Waals surface area contributed by atoms with Gasteiger partial charge >= 0.3 is 0 Å². The number of aromatic nitrogens is 2. The van der Waals surface area contributed by atoms with Crippen LogP contribution in [-0.2, 0) is 12.8 Å². The van der Waals surface area contributed by atoms with Crippen LogP contribution in [0.5, 0.6) is 11.6 Å². The summed E-state index contributed by atoms with van der Waals surface area (Å²) < 4.78 is 5.17. The molecule has 1 aromatic heterocycles. The number of rotatable bonds is 5. The number of fused-ring (bicyclic) bond motifs is 1. The van der Waals surface area contributed by atoms with Gasteiger partial charge in [-0.15, -0.1) is 0 Å². The smallest absolute Gasteiger partial charge is 0.237 e. The Morgan fingerprint density at radius 3 is 2.69 bits per heavy atom. The highest BCUT2D eigenvalue weighted by Crippen LogP contribution is 2.33. The Hall–Kier alpha value is -3.34. The van der Waals surface area contributed by atoms with Gasteiger partial charge in [-0.1, -0.05) is 30.3 Å². The fraction of sp³-hybridized carbons (Fsp3) is 0.143. The van der Waals surface area contributed by atoms with Crippen molar-refractivity contribution in [2.75, 3.05) is 7.11 Å². The number of nitrogens with zero attached hydrogens (tertiary/aromatic N) is 2. The predicted molar refractivity (Wildman–Crippen MR) is 103 cm³/mol. The topological polar surface area (TPSA) is 70.5 Å². The minimum absolute atomic E-state index is 0.0139. The summed E-state index contributed by atoms with van der Waals surface area (Å²) in [6.45, 7) is 0. The molecule has 26 heavy (non-hydrogen) atoms. The summed E-state index contributed by atoms with van der Waals surface area (Å²) in [5, 5.41) is 10.2. The number of aryl methyl sites for hydroxylation is 2. The van der Waals surface area contributed by atoms with E-state index >= 15 is 0 Å². The Balaban J connectivity index is 1.49. The van der Waals surface area contributed by atoms with Crippen LogP contribution >= 0.6 is 0 Å². The molecule has 0 unspecified atom stereocenters. The molecule has 0 bridgehead atoms. The molecule has 0 fully saturated rings. The molecule has 2 N–H and O–H groups in total. The van der Waals surface area contributed by atoms with E-state index in [1.807, 2.05) is 60.8 Å². The summed E-state index contributed by atoms with van der Waals surface area (Å²) in [5.74, 6) is 1.62. The summed E-state index contributed by atoms with van der Waals surface area (Å²) >= 11 is 0. The highest BCUT2D eigenvalue weighted by atomic mass is 16.5. The first kappa shape index (κ1) is 16.1. The lowest BCUT2D eigenvalue weighted by molar-refractivity contribution is 0.414. The van der Waals surface area contributed by atoms with Gasteiger partial charge in [0.05, 0.1) is 12.8 Å². The lowest BCUT2D eigenvalue weighted by atomic mass is 10.1. The van der Waals surface area contributed by atoms with Gasteiger partial charge in [0.25, 0.3) is 0 Å². The van der Waals surface area contributed by atoms with Crippen molar-refractivity contribution in [2.24, 2.45) is 4.99 Å². The number of aromatic hydroxyl groups is 1. The summed E-state index contributed by atoms with van der Waals surface area (Å²) in [4.78, 5) is 11.8. The van der Waals surface area contributed by atoms with Gasteiger partial charge in [-0.2, -0.15) is 4.98 Å². The summed E-state index contributed by atoms with van der Waals surface area (Å²) in [5.41, 5.74) is 4.76. The summed E-state index contributed by atoms with van der Waals surface area (Å²) in [6.07, 6.45) is 5.24. The first-order valence-corrected chi connectivity index (χ1v) is 8.49. The van der Waals surface area contributed by atoms with Crippen LogP contribution in [0.1, 0.15) is 22.6 Å². The SMILES string of the molecule is COc1ccc(CCc2nc(O)c(/C=C3\C=Nc4ccccc43)[nH]2)cc1. The molecule has 0 radical (unpaired) electrons. The van der Waals surface area contributed by atoms with E-state index in [1.165, 1.54) is 5.56 Å². The van der Waals surface area contributed by atoms with E-state index in [0.717, 1.165) is 34.8 Å². The van der Waals surface area contributed by atoms with Crippen LogP contribution in [0.3, 0.4) is 0 Å². The van der Waals surface area contributed by atoms with E-state index in [1.54, 1.807) is 7.11 Å². The molecule has 1 aliphatic rings. The van der Waals surface area contributed by atoms with E-state index in [4.69, 9.17) is 4.74 Å². The molecule has 0 saturated carbocycles. The fourth-order valence-electron chi connectivity index (χ4n) is 3.01. The number of allylic oxidation sites excluding steroid dienone is 1.